The van der Waals surface area contributed by atoms with Gasteiger partial charge in [-0.2, -0.15) is 13.2 Å². The van der Waals surface area contributed by atoms with Crippen LogP contribution in [0.4, 0.5) is 13.2 Å². The number of nitrogens with two attached hydrogens (primary N) is 1. The molecule has 0 spiro atoms. The Labute approximate surface area is 118 Å². The van der Waals surface area contributed by atoms with Gasteiger partial charge in [-0.05, 0) is 32.1 Å². The van der Waals surface area contributed by atoms with Crippen molar-refractivity contribution in [2.45, 2.75) is 56.3 Å². The SMILES string of the molecule is COC1CCN(C2(CN)CCCC(C(F)(F)F)C2)CC1. The molecule has 1 saturated carbocycles. The molecule has 2 atom stereocenters. The molecule has 1 heterocycles. The summed E-state index contributed by atoms with van der Waals surface area (Å²) in [4.78, 5) is 2.19. The zero-order chi connectivity index (χ0) is 14.8. The summed E-state index contributed by atoms with van der Waals surface area (Å²) >= 11 is 0. The van der Waals surface area contributed by atoms with Crippen molar-refractivity contribution in [1.29, 1.82) is 0 Å². The molecule has 20 heavy (non-hydrogen) atoms. The minimum absolute atomic E-state index is 0.157. The van der Waals surface area contributed by atoms with Crippen LogP contribution in [0.15, 0.2) is 0 Å². The molecule has 6 heteroatoms. The number of hydrogen-bond donors (Lipinski definition) is 1. The van der Waals surface area contributed by atoms with Crippen LogP contribution in [0.5, 0.6) is 0 Å². The van der Waals surface area contributed by atoms with Gasteiger partial charge in [0.1, 0.15) is 0 Å². The van der Waals surface area contributed by atoms with Gasteiger partial charge in [0.15, 0.2) is 0 Å². The molecule has 3 nitrogen and oxygen atoms in total. The summed E-state index contributed by atoms with van der Waals surface area (Å²) in [5.41, 5.74) is 5.44. The van der Waals surface area contributed by atoms with Gasteiger partial charge in [-0.1, -0.05) is 6.42 Å². The van der Waals surface area contributed by atoms with E-state index in [1.807, 2.05) is 0 Å². The summed E-state index contributed by atoms with van der Waals surface area (Å²) in [7, 11) is 1.69. The Morgan fingerprint density at radius 1 is 1.25 bits per heavy atom. The molecule has 118 valence electrons. The molecular formula is C14H25F3N2O. The molecule has 0 aromatic carbocycles. The maximum absolute atomic E-state index is 13.0. The quantitative estimate of drug-likeness (QED) is 0.869. The minimum Gasteiger partial charge on any atom is -0.381 e. The number of halogens is 3. The molecule has 1 aliphatic carbocycles. The van der Waals surface area contributed by atoms with Gasteiger partial charge in [0.05, 0.1) is 12.0 Å². The first kappa shape index (κ1) is 16.0. The normalized spacial score (nSPS) is 34.4. The average molecular weight is 294 g/mol. The van der Waals surface area contributed by atoms with Crippen LogP contribution in [0, 0.1) is 5.92 Å². The van der Waals surface area contributed by atoms with Crippen LogP contribution in [0.2, 0.25) is 0 Å². The van der Waals surface area contributed by atoms with E-state index in [9.17, 15) is 13.2 Å². The molecule has 0 radical (unpaired) electrons. The Kier molecular flexibility index (Phi) is 4.97. The van der Waals surface area contributed by atoms with Gasteiger partial charge in [-0.25, -0.2) is 0 Å². The van der Waals surface area contributed by atoms with Crippen LogP contribution in [0.25, 0.3) is 0 Å². The molecule has 0 bridgehead atoms. The minimum atomic E-state index is -4.09. The van der Waals surface area contributed by atoms with Crippen LogP contribution in [-0.2, 0) is 4.74 Å². The van der Waals surface area contributed by atoms with Crippen LogP contribution in [0.3, 0.4) is 0 Å². The van der Waals surface area contributed by atoms with Gasteiger partial charge >= 0.3 is 6.18 Å². The summed E-state index contributed by atoms with van der Waals surface area (Å²) in [5, 5.41) is 0. The molecule has 2 fully saturated rings. The smallest absolute Gasteiger partial charge is 0.381 e. The topological polar surface area (TPSA) is 38.5 Å². The van der Waals surface area contributed by atoms with Crippen molar-refractivity contribution in [3.63, 3.8) is 0 Å². The third-order valence-electron chi connectivity index (χ3n) is 5.11. The molecule has 2 rings (SSSR count). The predicted molar refractivity (Wildman–Crippen MR) is 71.4 cm³/mol. The molecule has 1 saturated heterocycles. The summed E-state index contributed by atoms with van der Waals surface area (Å²) < 4.78 is 44.4. The summed E-state index contributed by atoms with van der Waals surface area (Å²) in [6.45, 7) is 1.90. The van der Waals surface area contributed by atoms with Crippen molar-refractivity contribution >= 4 is 0 Å². The van der Waals surface area contributed by atoms with Gasteiger partial charge < -0.3 is 10.5 Å². The maximum atomic E-state index is 13.0. The summed E-state index contributed by atoms with van der Waals surface area (Å²) in [6, 6.07) is 0. The van der Waals surface area contributed by atoms with E-state index in [0.29, 0.717) is 13.0 Å². The lowest BCUT2D eigenvalue weighted by atomic mass is 9.73. The van der Waals surface area contributed by atoms with E-state index in [1.165, 1.54) is 0 Å². The number of piperidine rings is 1. The van der Waals surface area contributed by atoms with Crippen LogP contribution < -0.4 is 5.73 Å². The highest BCUT2D eigenvalue weighted by Gasteiger charge is 2.49. The number of hydrogen-bond acceptors (Lipinski definition) is 3. The lowest BCUT2D eigenvalue weighted by molar-refractivity contribution is -0.195. The van der Waals surface area contributed by atoms with Gasteiger partial charge in [-0.3, -0.25) is 4.90 Å². The summed E-state index contributed by atoms with van der Waals surface area (Å²) in [6.07, 6.45) is -0.276. The number of rotatable bonds is 3. The Morgan fingerprint density at radius 2 is 1.90 bits per heavy atom. The van der Waals surface area contributed by atoms with Gasteiger partial charge in [-0.15, -0.1) is 0 Å². The number of ether oxygens (including phenoxy) is 1. The second kappa shape index (κ2) is 6.20. The second-order valence-electron chi connectivity index (χ2n) is 6.19. The third kappa shape index (κ3) is 3.28. The first-order valence-electron chi connectivity index (χ1n) is 7.46. The molecule has 2 unspecified atom stereocenters. The van der Waals surface area contributed by atoms with Crippen LogP contribution in [0.1, 0.15) is 38.5 Å². The van der Waals surface area contributed by atoms with Crippen molar-refractivity contribution in [2.24, 2.45) is 11.7 Å². The highest BCUT2D eigenvalue weighted by Crippen LogP contribution is 2.44. The van der Waals surface area contributed by atoms with Crippen LogP contribution in [-0.4, -0.2) is 49.5 Å². The van der Waals surface area contributed by atoms with Gasteiger partial charge in [0, 0.05) is 32.3 Å². The largest absolute Gasteiger partial charge is 0.391 e. The zero-order valence-electron chi connectivity index (χ0n) is 12.1. The van der Waals surface area contributed by atoms with E-state index in [2.05, 4.69) is 4.90 Å². The molecule has 2 N–H and O–H groups in total. The van der Waals surface area contributed by atoms with Crippen molar-refractivity contribution in [2.75, 3.05) is 26.7 Å². The Morgan fingerprint density at radius 3 is 2.40 bits per heavy atom. The lowest BCUT2D eigenvalue weighted by Gasteiger charge is -2.50. The average Bonchev–Trinajstić information content (AvgIpc) is 2.46. The Balaban J connectivity index is 2.05. The first-order chi connectivity index (χ1) is 9.41. The lowest BCUT2D eigenvalue weighted by Crippen LogP contribution is -2.60. The number of likely N-dealkylation sites (tertiary alicyclic amines) is 1. The number of methoxy groups -OCH3 is 1. The molecule has 0 aromatic heterocycles. The van der Waals surface area contributed by atoms with Crippen molar-refractivity contribution < 1.29 is 17.9 Å². The zero-order valence-corrected chi connectivity index (χ0v) is 12.1. The van der Waals surface area contributed by atoms with Crippen molar-refractivity contribution in [3.8, 4) is 0 Å². The second-order valence-corrected chi connectivity index (χ2v) is 6.19. The Bertz CT molecular complexity index is 316. The molecule has 1 aliphatic heterocycles. The van der Waals surface area contributed by atoms with E-state index in [4.69, 9.17) is 10.5 Å². The van der Waals surface area contributed by atoms with Gasteiger partial charge in [0.25, 0.3) is 0 Å². The van der Waals surface area contributed by atoms with E-state index in [-0.39, 0.29) is 18.9 Å². The highest BCUT2D eigenvalue weighted by molar-refractivity contribution is 4.99. The third-order valence-corrected chi connectivity index (χ3v) is 5.11. The Hall–Kier alpha value is -0.330. The number of nitrogens with zero attached hydrogens (tertiary/aromatic N) is 1. The maximum Gasteiger partial charge on any atom is 0.391 e. The number of alkyl halides is 3. The van der Waals surface area contributed by atoms with E-state index in [1.54, 1.807) is 7.11 Å². The molecule has 0 amide bonds. The van der Waals surface area contributed by atoms with Crippen molar-refractivity contribution in [1.82, 2.24) is 4.90 Å². The van der Waals surface area contributed by atoms with E-state index >= 15 is 0 Å². The first-order valence-corrected chi connectivity index (χ1v) is 7.46. The van der Waals surface area contributed by atoms with Crippen molar-refractivity contribution in [3.05, 3.63) is 0 Å². The summed E-state index contributed by atoms with van der Waals surface area (Å²) in [5.74, 6) is -1.19. The van der Waals surface area contributed by atoms with Gasteiger partial charge in [0.2, 0.25) is 0 Å². The molecular weight excluding hydrogens is 269 g/mol. The van der Waals surface area contributed by atoms with E-state index < -0.39 is 17.6 Å². The fourth-order valence-electron chi connectivity index (χ4n) is 3.79. The monoisotopic (exact) mass is 294 g/mol. The predicted octanol–water partition coefficient (Wildman–Crippen LogP) is 2.55. The van der Waals surface area contributed by atoms with E-state index in [0.717, 1.165) is 32.4 Å². The molecule has 0 aromatic rings. The molecule has 2 aliphatic rings. The fraction of sp³-hybridized carbons (Fsp3) is 1.00. The fourth-order valence-corrected chi connectivity index (χ4v) is 3.79. The van der Waals surface area contributed by atoms with Crippen LogP contribution >= 0.6 is 0 Å². The standard InChI is InChI=1S/C14H25F3N2O/c1-20-12-4-7-19(8-5-12)13(10-18)6-2-3-11(9-13)14(15,16)17/h11-12H,2-10,18H2,1H3. The highest BCUT2D eigenvalue weighted by atomic mass is 19.4.